The number of hydrogen-bond acceptors (Lipinski definition) is 4. The fraction of sp³-hybridized carbons (Fsp3) is 0.294. The van der Waals surface area contributed by atoms with Gasteiger partial charge in [-0.2, -0.15) is 0 Å². The second kappa shape index (κ2) is 6.58. The second-order valence-corrected chi connectivity index (χ2v) is 6.35. The summed E-state index contributed by atoms with van der Waals surface area (Å²) in [7, 11) is 0. The Kier molecular flexibility index (Phi) is 4.52. The molecule has 1 aromatic heterocycles. The van der Waals surface area contributed by atoms with Crippen LogP contribution in [-0.4, -0.2) is 18.4 Å². The minimum absolute atomic E-state index is 0.412. The first kappa shape index (κ1) is 15.8. The maximum atomic E-state index is 13.5. The van der Waals surface area contributed by atoms with Crippen LogP contribution in [0, 0.1) is 11.6 Å². The van der Waals surface area contributed by atoms with Gasteiger partial charge >= 0.3 is 5.97 Å². The molecule has 1 aliphatic carbocycles. The van der Waals surface area contributed by atoms with E-state index in [9.17, 15) is 18.4 Å². The van der Waals surface area contributed by atoms with Crippen molar-refractivity contribution in [2.45, 2.75) is 25.7 Å². The van der Waals surface area contributed by atoms with Gasteiger partial charge in [0.05, 0.1) is 11.1 Å². The summed E-state index contributed by atoms with van der Waals surface area (Å²) in [6, 6.07) is 2.60. The Bertz CT molecular complexity index is 767. The zero-order valence-corrected chi connectivity index (χ0v) is 13.1. The predicted octanol–water partition coefficient (Wildman–Crippen LogP) is 3.94. The number of Topliss-reactive ketones (excluding diaryl/α,β-unsaturated/α-hetero) is 1. The van der Waals surface area contributed by atoms with E-state index in [4.69, 9.17) is 4.74 Å². The minimum atomic E-state index is -0.833. The van der Waals surface area contributed by atoms with Crippen LogP contribution in [0.15, 0.2) is 23.6 Å². The number of carbonyl (C=O) groups is 2. The zero-order valence-electron chi connectivity index (χ0n) is 12.2. The van der Waals surface area contributed by atoms with Crippen LogP contribution in [0.2, 0.25) is 0 Å². The van der Waals surface area contributed by atoms with E-state index in [-0.39, 0.29) is 0 Å². The van der Waals surface area contributed by atoms with Crippen molar-refractivity contribution < 1.29 is 23.1 Å². The summed E-state index contributed by atoms with van der Waals surface area (Å²) in [4.78, 5) is 25.2. The van der Waals surface area contributed by atoms with E-state index in [0.29, 0.717) is 5.56 Å². The molecular formula is C17H14F2O3S. The number of ether oxygens (including phenoxy) is 1. The average Bonchev–Trinajstić information content (AvgIpc) is 2.98. The van der Waals surface area contributed by atoms with Gasteiger partial charge in [0, 0.05) is 10.3 Å². The summed E-state index contributed by atoms with van der Waals surface area (Å²) in [6.45, 7) is -0.607. The van der Waals surface area contributed by atoms with Crippen LogP contribution in [0.25, 0.3) is 0 Å². The van der Waals surface area contributed by atoms with Gasteiger partial charge in [-0.3, -0.25) is 4.79 Å². The fourth-order valence-electron chi connectivity index (χ4n) is 2.66. The van der Waals surface area contributed by atoms with Crippen LogP contribution >= 0.6 is 11.3 Å². The first-order chi connectivity index (χ1) is 11.1. The summed E-state index contributed by atoms with van der Waals surface area (Å²) in [5, 5.41) is 1.74. The lowest BCUT2D eigenvalue weighted by Gasteiger charge is -2.12. The Morgan fingerprint density at radius 2 is 1.91 bits per heavy atom. The molecule has 0 N–H and O–H groups in total. The van der Waals surface area contributed by atoms with Crippen LogP contribution in [0.4, 0.5) is 8.78 Å². The number of ketones is 1. The number of rotatable bonds is 4. The Morgan fingerprint density at radius 1 is 1.13 bits per heavy atom. The maximum Gasteiger partial charge on any atom is 0.339 e. The molecule has 0 amide bonds. The molecule has 0 spiro atoms. The van der Waals surface area contributed by atoms with Crippen molar-refractivity contribution in [3.8, 4) is 0 Å². The molecule has 2 aromatic rings. The van der Waals surface area contributed by atoms with Crippen molar-refractivity contribution in [1.82, 2.24) is 0 Å². The summed E-state index contributed by atoms with van der Waals surface area (Å²) in [5.41, 5.74) is 1.07. The van der Waals surface area contributed by atoms with Crippen LogP contribution in [-0.2, 0) is 17.6 Å². The summed E-state index contributed by atoms with van der Waals surface area (Å²) in [5.74, 6) is -2.90. The predicted molar refractivity (Wildman–Crippen MR) is 81.9 cm³/mol. The molecule has 6 heteroatoms. The molecule has 0 radical (unpaired) electrons. The van der Waals surface area contributed by atoms with E-state index in [0.717, 1.165) is 49.4 Å². The van der Waals surface area contributed by atoms with Crippen molar-refractivity contribution in [3.63, 3.8) is 0 Å². The minimum Gasteiger partial charge on any atom is -0.454 e. The SMILES string of the molecule is O=C(COC(=O)c1csc2c1CCCC2)c1cc(F)ccc1F. The van der Waals surface area contributed by atoms with Gasteiger partial charge in [0.25, 0.3) is 0 Å². The summed E-state index contributed by atoms with van der Waals surface area (Å²) in [6.07, 6.45) is 3.92. The van der Waals surface area contributed by atoms with Gasteiger partial charge in [-0.25, -0.2) is 13.6 Å². The number of fused-ring (bicyclic) bond motifs is 1. The van der Waals surface area contributed by atoms with Crippen molar-refractivity contribution >= 4 is 23.1 Å². The van der Waals surface area contributed by atoms with Crippen molar-refractivity contribution in [1.29, 1.82) is 0 Å². The molecule has 0 aliphatic heterocycles. The summed E-state index contributed by atoms with van der Waals surface area (Å²) >= 11 is 1.52. The standard InChI is InChI=1S/C17H14F2O3S/c18-10-5-6-14(19)12(7-10)15(20)8-22-17(21)13-9-23-16-4-2-1-3-11(13)16/h5-7,9H,1-4,8H2. The largest absolute Gasteiger partial charge is 0.454 e. The third-order valence-corrected chi connectivity index (χ3v) is 4.93. The van der Waals surface area contributed by atoms with E-state index in [1.807, 2.05) is 0 Å². The number of benzene rings is 1. The Balaban J connectivity index is 1.68. The summed E-state index contributed by atoms with van der Waals surface area (Å²) < 4.78 is 31.6. The van der Waals surface area contributed by atoms with Gasteiger partial charge < -0.3 is 4.74 Å². The third kappa shape index (κ3) is 3.32. The molecule has 0 saturated carbocycles. The van der Waals surface area contributed by atoms with Crippen molar-refractivity contribution in [2.24, 2.45) is 0 Å². The van der Waals surface area contributed by atoms with Gasteiger partial charge in [-0.1, -0.05) is 0 Å². The lowest BCUT2D eigenvalue weighted by atomic mass is 9.96. The highest BCUT2D eigenvalue weighted by atomic mass is 32.1. The average molecular weight is 336 g/mol. The van der Waals surface area contributed by atoms with Crippen molar-refractivity contribution in [2.75, 3.05) is 6.61 Å². The molecule has 1 aromatic carbocycles. The number of carbonyl (C=O) groups excluding carboxylic acids is 2. The first-order valence-electron chi connectivity index (χ1n) is 7.31. The van der Waals surface area contributed by atoms with Crippen molar-refractivity contribution in [3.05, 3.63) is 56.8 Å². The molecule has 0 atom stereocenters. The molecule has 3 nitrogen and oxygen atoms in total. The molecule has 3 rings (SSSR count). The normalized spacial score (nSPS) is 13.5. The van der Waals surface area contributed by atoms with Crippen LogP contribution in [0.5, 0.6) is 0 Å². The van der Waals surface area contributed by atoms with E-state index in [1.165, 1.54) is 16.2 Å². The highest BCUT2D eigenvalue weighted by molar-refractivity contribution is 7.10. The third-order valence-electron chi connectivity index (χ3n) is 3.84. The zero-order chi connectivity index (χ0) is 16.4. The van der Waals surface area contributed by atoms with E-state index in [1.54, 1.807) is 5.38 Å². The van der Waals surface area contributed by atoms with Gasteiger partial charge in [0.1, 0.15) is 11.6 Å². The lowest BCUT2D eigenvalue weighted by molar-refractivity contribution is 0.0472. The Morgan fingerprint density at radius 3 is 2.74 bits per heavy atom. The van der Waals surface area contributed by atoms with Crippen LogP contribution < -0.4 is 0 Å². The molecule has 0 unspecified atom stereocenters. The molecule has 1 heterocycles. The Hall–Kier alpha value is -2.08. The maximum absolute atomic E-state index is 13.5. The monoisotopic (exact) mass is 336 g/mol. The van der Waals surface area contributed by atoms with Crippen LogP contribution in [0.1, 0.15) is 44.0 Å². The highest BCUT2D eigenvalue weighted by Gasteiger charge is 2.22. The molecule has 1 aliphatic rings. The Labute approximate surface area is 135 Å². The quantitative estimate of drug-likeness (QED) is 0.627. The molecule has 23 heavy (non-hydrogen) atoms. The van der Waals surface area contributed by atoms with Gasteiger partial charge in [0.15, 0.2) is 6.61 Å². The van der Waals surface area contributed by atoms with E-state index in [2.05, 4.69) is 0 Å². The number of aryl methyl sites for hydroxylation is 1. The van der Waals surface area contributed by atoms with Crippen LogP contribution in [0.3, 0.4) is 0 Å². The number of hydrogen-bond donors (Lipinski definition) is 0. The smallest absolute Gasteiger partial charge is 0.339 e. The molecule has 120 valence electrons. The lowest BCUT2D eigenvalue weighted by Crippen LogP contribution is -2.16. The molecule has 0 fully saturated rings. The number of halogens is 2. The number of esters is 1. The molecule has 0 bridgehead atoms. The van der Waals surface area contributed by atoms with Gasteiger partial charge in [-0.05, 0) is 49.4 Å². The number of thiophene rings is 1. The molecule has 0 saturated heterocycles. The fourth-order valence-corrected chi connectivity index (χ4v) is 3.78. The van der Waals surface area contributed by atoms with E-state index >= 15 is 0 Å². The van der Waals surface area contributed by atoms with E-state index < -0.39 is 35.6 Å². The second-order valence-electron chi connectivity index (χ2n) is 5.38. The van der Waals surface area contributed by atoms with Gasteiger partial charge in [0.2, 0.25) is 5.78 Å². The topological polar surface area (TPSA) is 43.4 Å². The molecular weight excluding hydrogens is 322 g/mol. The highest BCUT2D eigenvalue weighted by Crippen LogP contribution is 2.30. The van der Waals surface area contributed by atoms with Gasteiger partial charge in [-0.15, -0.1) is 11.3 Å². The first-order valence-corrected chi connectivity index (χ1v) is 8.19.